The summed E-state index contributed by atoms with van der Waals surface area (Å²) in [4.78, 5) is 34.3. The van der Waals surface area contributed by atoms with Crippen molar-refractivity contribution < 1.29 is 24.6 Å². The Bertz CT molecular complexity index is 404. The van der Waals surface area contributed by atoms with Gasteiger partial charge in [0.25, 0.3) is 0 Å². The smallest absolute Gasteiger partial charge is 0.303 e. The van der Waals surface area contributed by atoms with Crippen LogP contribution >= 0.6 is 11.8 Å². The van der Waals surface area contributed by atoms with E-state index in [1.165, 1.54) is 11.8 Å². The third-order valence-corrected chi connectivity index (χ3v) is 4.57. The van der Waals surface area contributed by atoms with Crippen molar-refractivity contribution >= 4 is 29.3 Å². The van der Waals surface area contributed by atoms with E-state index >= 15 is 0 Å². The molecule has 20 heavy (non-hydrogen) atoms. The molecule has 0 spiro atoms. The molecule has 0 amide bonds. The fourth-order valence-corrected chi connectivity index (χ4v) is 3.42. The summed E-state index contributed by atoms with van der Waals surface area (Å²) in [7, 11) is 0. The van der Waals surface area contributed by atoms with E-state index in [1.54, 1.807) is 0 Å². The fourth-order valence-electron chi connectivity index (χ4n) is 2.21. The van der Waals surface area contributed by atoms with Crippen molar-refractivity contribution in [2.24, 2.45) is 5.92 Å². The van der Waals surface area contributed by atoms with Crippen LogP contribution in [0.1, 0.15) is 38.5 Å². The summed E-state index contributed by atoms with van der Waals surface area (Å²) in [6.07, 6.45) is 2.17. The van der Waals surface area contributed by atoms with Crippen LogP contribution in [0.4, 0.5) is 0 Å². The highest BCUT2D eigenvalue weighted by molar-refractivity contribution is 8.00. The third-order valence-electron chi connectivity index (χ3n) is 3.25. The number of hydrogen-bond acceptors (Lipinski definition) is 5. The summed E-state index contributed by atoms with van der Waals surface area (Å²) in [6.45, 7) is 3.39. The van der Waals surface area contributed by atoms with Crippen molar-refractivity contribution in [1.82, 2.24) is 0 Å². The number of aliphatic hydroxyl groups is 1. The molecule has 0 aromatic carbocycles. The summed E-state index contributed by atoms with van der Waals surface area (Å²) in [5, 5.41) is 17.2. The van der Waals surface area contributed by atoms with E-state index in [-0.39, 0.29) is 35.4 Å². The Morgan fingerprint density at radius 1 is 1.25 bits per heavy atom. The van der Waals surface area contributed by atoms with Crippen LogP contribution in [0.15, 0.2) is 12.3 Å². The Labute approximate surface area is 122 Å². The largest absolute Gasteiger partial charge is 0.513 e. The summed E-state index contributed by atoms with van der Waals surface area (Å²) in [5.74, 6) is -0.813. The Morgan fingerprint density at radius 2 is 1.95 bits per heavy atom. The summed E-state index contributed by atoms with van der Waals surface area (Å²) in [5.41, 5.74) is 0. The molecule has 112 valence electrons. The molecule has 0 bridgehead atoms. The lowest BCUT2D eigenvalue weighted by atomic mass is 9.99. The quantitative estimate of drug-likeness (QED) is 0.386. The van der Waals surface area contributed by atoms with E-state index in [0.717, 1.165) is 6.42 Å². The zero-order chi connectivity index (χ0) is 15.1. The fraction of sp³-hybridized carbons (Fsp3) is 0.643. The summed E-state index contributed by atoms with van der Waals surface area (Å²) < 4.78 is 0. The van der Waals surface area contributed by atoms with Gasteiger partial charge in [-0.15, -0.1) is 0 Å². The molecular formula is C14H20O5S. The van der Waals surface area contributed by atoms with Crippen molar-refractivity contribution in [3.63, 3.8) is 0 Å². The van der Waals surface area contributed by atoms with E-state index in [9.17, 15) is 14.4 Å². The molecule has 1 rings (SSSR count). The second-order valence-corrected chi connectivity index (χ2v) is 6.25. The molecule has 2 unspecified atom stereocenters. The number of rotatable bonds is 9. The van der Waals surface area contributed by atoms with Gasteiger partial charge in [-0.2, -0.15) is 11.8 Å². The number of ketones is 2. The zero-order valence-electron chi connectivity index (χ0n) is 11.3. The molecular weight excluding hydrogens is 280 g/mol. The highest BCUT2D eigenvalue weighted by atomic mass is 32.2. The minimum absolute atomic E-state index is 0.00647. The molecule has 2 atom stereocenters. The topological polar surface area (TPSA) is 91.7 Å². The van der Waals surface area contributed by atoms with Crippen LogP contribution in [-0.4, -0.2) is 38.8 Å². The molecule has 1 saturated carbocycles. The first-order valence-electron chi connectivity index (χ1n) is 6.68. The van der Waals surface area contributed by atoms with Gasteiger partial charge in [0.2, 0.25) is 0 Å². The van der Waals surface area contributed by atoms with Gasteiger partial charge in [-0.1, -0.05) is 6.58 Å². The molecule has 5 nitrogen and oxygen atoms in total. The van der Waals surface area contributed by atoms with Crippen molar-refractivity contribution in [1.29, 1.82) is 0 Å². The first-order valence-corrected chi connectivity index (χ1v) is 7.73. The number of Topliss-reactive ketones (excluding diaryl/α,β-unsaturated/α-hetero) is 2. The number of aliphatic carboxylic acids is 1. The molecule has 1 fully saturated rings. The Balaban J connectivity index is 2.34. The average molecular weight is 300 g/mol. The standard InChI is InChI=1S/C14H20O5S/c1-9(15)4-3-7-20-12-8-11(16)10(14(12)19)5-2-6-13(17)18/h10,12,15H,1-8H2,(H,17,18). The number of hydrogen-bond donors (Lipinski definition) is 2. The maximum absolute atomic E-state index is 12.1. The predicted octanol–water partition coefficient (Wildman–Crippen LogP) is 2.35. The molecule has 0 radical (unpaired) electrons. The van der Waals surface area contributed by atoms with Crippen LogP contribution in [0.3, 0.4) is 0 Å². The van der Waals surface area contributed by atoms with Crippen molar-refractivity contribution in [2.45, 2.75) is 43.8 Å². The van der Waals surface area contributed by atoms with Gasteiger partial charge in [0.05, 0.1) is 16.9 Å². The highest BCUT2D eigenvalue weighted by Gasteiger charge is 2.40. The second kappa shape index (κ2) is 8.09. The van der Waals surface area contributed by atoms with Gasteiger partial charge in [-0.05, 0) is 25.0 Å². The van der Waals surface area contributed by atoms with E-state index in [4.69, 9.17) is 10.2 Å². The maximum Gasteiger partial charge on any atom is 0.303 e. The van der Waals surface area contributed by atoms with E-state index in [1.807, 2.05) is 0 Å². The Kier molecular flexibility index (Phi) is 6.78. The van der Waals surface area contributed by atoms with Crippen LogP contribution in [0.5, 0.6) is 0 Å². The lowest BCUT2D eigenvalue weighted by Crippen LogP contribution is -2.19. The van der Waals surface area contributed by atoms with Gasteiger partial charge in [-0.3, -0.25) is 14.4 Å². The Morgan fingerprint density at radius 3 is 2.55 bits per heavy atom. The van der Waals surface area contributed by atoms with Crippen LogP contribution in [0.25, 0.3) is 0 Å². The molecule has 0 aromatic rings. The first kappa shape index (κ1) is 16.8. The van der Waals surface area contributed by atoms with Gasteiger partial charge < -0.3 is 10.2 Å². The summed E-state index contributed by atoms with van der Waals surface area (Å²) >= 11 is 1.44. The molecule has 0 heterocycles. The number of carboxylic acids is 1. The van der Waals surface area contributed by atoms with Gasteiger partial charge in [-0.25, -0.2) is 0 Å². The molecule has 0 aromatic heterocycles. The lowest BCUT2D eigenvalue weighted by molar-refractivity contribution is -0.137. The van der Waals surface area contributed by atoms with Gasteiger partial charge in [0.1, 0.15) is 5.78 Å². The number of aliphatic hydroxyl groups excluding tert-OH is 1. The van der Waals surface area contributed by atoms with Gasteiger partial charge >= 0.3 is 5.97 Å². The maximum atomic E-state index is 12.1. The normalized spacial score (nSPS) is 22.2. The van der Waals surface area contributed by atoms with Gasteiger partial charge in [0, 0.05) is 19.3 Å². The van der Waals surface area contributed by atoms with Crippen molar-refractivity contribution in [3.05, 3.63) is 12.3 Å². The van der Waals surface area contributed by atoms with Crippen LogP contribution in [0.2, 0.25) is 0 Å². The minimum Gasteiger partial charge on any atom is -0.513 e. The third kappa shape index (κ3) is 5.36. The van der Waals surface area contributed by atoms with Crippen molar-refractivity contribution in [3.8, 4) is 0 Å². The minimum atomic E-state index is -0.905. The highest BCUT2D eigenvalue weighted by Crippen LogP contribution is 2.31. The predicted molar refractivity (Wildman–Crippen MR) is 76.9 cm³/mol. The van der Waals surface area contributed by atoms with Gasteiger partial charge in [0.15, 0.2) is 5.78 Å². The Hall–Kier alpha value is -1.30. The monoisotopic (exact) mass is 300 g/mol. The number of carboxylic acid groups (broad SMARTS) is 1. The molecule has 1 aliphatic carbocycles. The lowest BCUT2D eigenvalue weighted by Gasteiger charge is -2.08. The molecule has 1 aliphatic rings. The molecule has 0 aliphatic heterocycles. The van der Waals surface area contributed by atoms with Crippen LogP contribution < -0.4 is 0 Å². The van der Waals surface area contributed by atoms with E-state index in [0.29, 0.717) is 25.0 Å². The second-order valence-electron chi connectivity index (χ2n) is 4.94. The van der Waals surface area contributed by atoms with Crippen molar-refractivity contribution in [2.75, 3.05) is 5.75 Å². The summed E-state index contributed by atoms with van der Waals surface area (Å²) in [6, 6.07) is 0. The number of allylic oxidation sites excluding steroid dienone is 1. The average Bonchev–Trinajstić information content (AvgIpc) is 2.61. The number of carbonyl (C=O) groups is 3. The zero-order valence-corrected chi connectivity index (χ0v) is 12.2. The number of carbonyl (C=O) groups excluding carboxylic acids is 2. The molecule has 0 saturated heterocycles. The van der Waals surface area contributed by atoms with Crippen LogP contribution in [-0.2, 0) is 14.4 Å². The van der Waals surface area contributed by atoms with Crippen LogP contribution in [0, 0.1) is 5.92 Å². The number of thioether (sulfide) groups is 1. The SMILES string of the molecule is C=C(O)CCCSC1CC(=O)C(CCCC(=O)O)C1=O. The van der Waals surface area contributed by atoms with E-state index in [2.05, 4.69) is 6.58 Å². The van der Waals surface area contributed by atoms with E-state index < -0.39 is 11.9 Å². The molecule has 2 N–H and O–H groups in total. The molecule has 6 heteroatoms. The first-order chi connectivity index (χ1) is 9.41.